The lowest BCUT2D eigenvalue weighted by Crippen LogP contribution is -2.16. The molecule has 1 nitrogen and oxygen atoms in total. The first-order valence-corrected chi connectivity index (χ1v) is 20.6. The van der Waals surface area contributed by atoms with Gasteiger partial charge in [0.15, 0.2) is 0 Å². The number of benzene rings is 9. The molecule has 1 aliphatic rings. The molecule has 0 aliphatic heterocycles. The topological polar surface area (TPSA) is 3.24 Å². The summed E-state index contributed by atoms with van der Waals surface area (Å²) in [6, 6.07) is 73.8. The van der Waals surface area contributed by atoms with Gasteiger partial charge in [0.25, 0.3) is 0 Å². The van der Waals surface area contributed by atoms with Gasteiger partial charge < -0.3 is 4.90 Å². The normalized spacial score (nSPS) is 12.9. The van der Waals surface area contributed by atoms with Gasteiger partial charge in [0.2, 0.25) is 0 Å². The van der Waals surface area contributed by atoms with Crippen molar-refractivity contribution in [1.29, 1.82) is 0 Å². The maximum Gasteiger partial charge on any atom is 0.0640 e. The van der Waals surface area contributed by atoms with Crippen molar-refractivity contribution < 1.29 is 0 Å². The third kappa shape index (κ3) is 5.51. The van der Waals surface area contributed by atoms with E-state index in [0.29, 0.717) is 0 Å². The van der Waals surface area contributed by atoms with Crippen LogP contribution in [-0.2, 0) is 5.41 Å². The van der Waals surface area contributed by atoms with Gasteiger partial charge in [0.1, 0.15) is 0 Å². The molecule has 0 spiro atoms. The van der Waals surface area contributed by atoms with Crippen LogP contribution in [0, 0.1) is 0 Å². The summed E-state index contributed by atoms with van der Waals surface area (Å²) in [6.07, 6.45) is 0. The smallest absolute Gasteiger partial charge is 0.0640 e. The molecule has 1 aromatic heterocycles. The zero-order valence-corrected chi connectivity index (χ0v) is 32.7. The second-order valence-electron chi connectivity index (χ2n) is 15.7. The van der Waals surface area contributed by atoms with E-state index in [1.165, 1.54) is 92.3 Å². The summed E-state index contributed by atoms with van der Waals surface area (Å²) in [6.45, 7) is 4.73. The fourth-order valence-corrected chi connectivity index (χ4v) is 10.5. The Morgan fingerprint density at radius 3 is 1.81 bits per heavy atom. The van der Waals surface area contributed by atoms with E-state index in [2.05, 4.69) is 219 Å². The van der Waals surface area contributed by atoms with Crippen LogP contribution in [0.15, 0.2) is 200 Å². The largest absolute Gasteiger partial charge is 0.309 e. The molecule has 270 valence electrons. The maximum absolute atomic E-state index is 2.44. The first-order valence-electron chi connectivity index (χ1n) is 19.8. The molecule has 11 rings (SSSR count). The van der Waals surface area contributed by atoms with E-state index in [1.807, 2.05) is 11.3 Å². The summed E-state index contributed by atoms with van der Waals surface area (Å²) in [5, 5.41) is 5.11. The van der Waals surface area contributed by atoms with Gasteiger partial charge in [-0.25, -0.2) is 0 Å². The molecule has 2 heteroatoms. The Labute approximate surface area is 337 Å². The van der Waals surface area contributed by atoms with Crippen molar-refractivity contribution in [2.24, 2.45) is 0 Å². The van der Waals surface area contributed by atoms with E-state index in [1.54, 1.807) is 0 Å². The Bertz CT molecular complexity index is 3150. The summed E-state index contributed by atoms with van der Waals surface area (Å²) in [4.78, 5) is 2.44. The van der Waals surface area contributed by atoms with Gasteiger partial charge in [-0.3, -0.25) is 0 Å². The van der Waals surface area contributed by atoms with Crippen LogP contribution < -0.4 is 4.90 Å². The van der Waals surface area contributed by atoms with E-state index in [0.717, 1.165) is 11.4 Å². The molecule has 0 fully saturated rings. The number of thiophene rings is 1. The Balaban J connectivity index is 1.00. The molecule has 10 aromatic rings. The highest BCUT2D eigenvalue weighted by Gasteiger charge is 2.37. The molecule has 0 bridgehead atoms. The molecule has 0 atom stereocenters. The van der Waals surface area contributed by atoms with Crippen molar-refractivity contribution in [3.8, 4) is 44.5 Å². The molecule has 1 aliphatic carbocycles. The van der Waals surface area contributed by atoms with E-state index in [9.17, 15) is 0 Å². The van der Waals surface area contributed by atoms with Crippen LogP contribution in [0.4, 0.5) is 17.1 Å². The number of rotatable bonds is 6. The van der Waals surface area contributed by atoms with Crippen molar-refractivity contribution in [1.82, 2.24) is 0 Å². The van der Waals surface area contributed by atoms with Crippen LogP contribution in [0.3, 0.4) is 0 Å². The fraction of sp³-hybridized carbons (Fsp3) is 0.0545. The highest BCUT2D eigenvalue weighted by atomic mass is 32.1. The number of anilines is 3. The summed E-state index contributed by atoms with van der Waals surface area (Å²) in [5.74, 6) is 0. The lowest BCUT2D eigenvalue weighted by atomic mass is 9.79. The Hall–Kier alpha value is -6.74. The van der Waals surface area contributed by atoms with Crippen LogP contribution in [0.25, 0.3) is 75.5 Å². The highest BCUT2D eigenvalue weighted by Crippen LogP contribution is 2.52. The zero-order valence-electron chi connectivity index (χ0n) is 31.9. The second kappa shape index (κ2) is 13.2. The summed E-state index contributed by atoms with van der Waals surface area (Å²) in [5.41, 5.74) is 16.2. The standard InChI is InChI=1S/C55H39NS/c1-55(2)50-21-7-5-16-46(50)48-19-10-18-45(53(48)55)38-28-32-44(33-29-38)56(51-22-11-20-49-47-17-6-8-23-52(47)57-54(49)51)43-30-26-37(27-31-43)40-14-9-15-41(34-40)42-25-24-36-12-3-4-13-39(36)35-42/h3-35H,1-2H3. The predicted molar refractivity (Wildman–Crippen MR) is 245 cm³/mol. The fourth-order valence-electron chi connectivity index (χ4n) is 9.26. The minimum Gasteiger partial charge on any atom is -0.309 e. The maximum atomic E-state index is 2.44. The van der Waals surface area contributed by atoms with Crippen molar-refractivity contribution in [3.05, 3.63) is 211 Å². The predicted octanol–water partition coefficient (Wildman–Crippen LogP) is 16.0. The summed E-state index contributed by atoms with van der Waals surface area (Å²) >= 11 is 1.87. The zero-order chi connectivity index (χ0) is 38.1. The molecule has 9 aromatic carbocycles. The van der Waals surface area contributed by atoms with E-state index >= 15 is 0 Å². The molecular weight excluding hydrogens is 707 g/mol. The third-order valence-electron chi connectivity index (χ3n) is 12.0. The minimum absolute atomic E-state index is 0.0826. The van der Waals surface area contributed by atoms with Gasteiger partial charge in [-0.2, -0.15) is 0 Å². The lowest BCUT2D eigenvalue weighted by molar-refractivity contribution is 0.662. The second-order valence-corrected chi connectivity index (χ2v) is 16.8. The Kier molecular flexibility index (Phi) is 7.77. The van der Waals surface area contributed by atoms with Crippen LogP contribution in [0.2, 0.25) is 0 Å². The molecule has 0 amide bonds. The van der Waals surface area contributed by atoms with Crippen molar-refractivity contribution in [2.75, 3.05) is 4.90 Å². The monoisotopic (exact) mass is 745 g/mol. The average Bonchev–Trinajstić information content (AvgIpc) is 3.77. The van der Waals surface area contributed by atoms with Crippen molar-refractivity contribution in [2.45, 2.75) is 19.3 Å². The van der Waals surface area contributed by atoms with Gasteiger partial charge in [0, 0.05) is 32.3 Å². The Morgan fingerprint density at radius 2 is 0.982 bits per heavy atom. The SMILES string of the molecule is CC1(C)c2ccccc2-c2cccc(-c3ccc(N(c4ccc(-c5cccc(-c6ccc7ccccc7c6)c5)cc4)c4cccc5c4sc4ccccc45)cc3)c21. The number of hydrogen-bond donors (Lipinski definition) is 0. The average molecular weight is 746 g/mol. The van der Waals surface area contributed by atoms with Gasteiger partial charge >= 0.3 is 0 Å². The molecule has 1 heterocycles. The van der Waals surface area contributed by atoms with Crippen LogP contribution in [-0.4, -0.2) is 0 Å². The van der Waals surface area contributed by atoms with Crippen LogP contribution in [0.5, 0.6) is 0 Å². The molecule has 0 unspecified atom stereocenters. The molecule has 0 saturated heterocycles. The number of hydrogen-bond acceptors (Lipinski definition) is 2. The number of nitrogens with zero attached hydrogens (tertiary/aromatic N) is 1. The summed E-state index contributed by atoms with van der Waals surface area (Å²) < 4.78 is 2.59. The van der Waals surface area contributed by atoms with E-state index < -0.39 is 0 Å². The molecule has 0 radical (unpaired) electrons. The van der Waals surface area contributed by atoms with Gasteiger partial charge in [-0.1, -0.05) is 166 Å². The first kappa shape index (κ1) is 33.6. The Morgan fingerprint density at radius 1 is 0.404 bits per heavy atom. The van der Waals surface area contributed by atoms with Gasteiger partial charge in [-0.15, -0.1) is 11.3 Å². The van der Waals surface area contributed by atoms with Gasteiger partial charge in [0.05, 0.1) is 10.4 Å². The third-order valence-corrected chi connectivity index (χ3v) is 13.3. The molecule has 57 heavy (non-hydrogen) atoms. The quantitative estimate of drug-likeness (QED) is 0.164. The number of fused-ring (bicyclic) bond motifs is 7. The lowest BCUT2D eigenvalue weighted by Gasteiger charge is -2.27. The van der Waals surface area contributed by atoms with Crippen molar-refractivity contribution in [3.63, 3.8) is 0 Å². The minimum atomic E-state index is -0.0826. The van der Waals surface area contributed by atoms with Gasteiger partial charge in [-0.05, 0) is 115 Å². The first-order chi connectivity index (χ1) is 28.0. The molecule has 0 saturated carbocycles. The van der Waals surface area contributed by atoms with E-state index in [4.69, 9.17) is 0 Å². The highest BCUT2D eigenvalue weighted by molar-refractivity contribution is 7.26. The molecule has 0 N–H and O–H groups in total. The van der Waals surface area contributed by atoms with Crippen LogP contribution in [0.1, 0.15) is 25.0 Å². The van der Waals surface area contributed by atoms with Crippen LogP contribution >= 0.6 is 11.3 Å². The molecular formula is C55H39NS. The van der Waals surface area contributed by atoms with E-state index in [-0.39, 0.29) is 5.41 Å². The van der Waals surface area contributed by atoms with Crippen molar-refractivity contribution >= 4 is 59.3 Å². The summed E-state index contributed by atoms with van der Waals surface area (Å²) in [7, 11) is 0.